The maximum atomic E-state index is 13.5. The number of nitrogens with zero attached hydrogens (tertiary/aromatic N) is 1. The van der Waals surface area contributed by atoms with Crippen molar-refractivity contribution in [2.45, 2.75) is 49.9 Å². The van der Waals surface area contributed by atoms with E-state index in [1.165, 1.54) is 11.6 Å². The van der Waals surface area contributed by atoms with Crippen molar-refractivity contribution in [3.63, 3.8) is 0 Å². The van der Waals surface area contributed by atoms with Gasteiger partial charge >= 0.3 is 6.18 Å². The molecule has 0 atom stereocenters. The Hall–Kier alpha value is -2.09. The lowest BCUT2D eigenvalue weighted by Crippen LogP contribution is -2.53. The van der Waals surface area contributed by atoms with Crippen molar-refractivity contribution in [3.05, 3.63) is 70.2 Å². The molecule has 0 unspecified atom stereocenters. The van der Waals surface area contributed by atoms with E-state index in [1.807, 2.05) is 24.3 Å². The van der Waals surface area contributed by atoms with Crippen LogP contribution in [0.4, 0.5) is 13.2 Å². The third-order valence-corrected chi connectivity index (χ3v) is 7.02. The second-order valence-corrected chi connectivity index (χ2v) is 9.36. The number of benzene rings is 2. The molecule has 2 aliphatic rings. The monoisotopic (exact) mass is 480 g/mol. The molecule has 2 aromatic rings. The quantitative estimate of drug-likeness (QED) is 0.640. The van der Waals surface area contributed by atoms with Crippen LogP contribution in [0.5, 0.6) is 0 Å². The van der Waals surface area contributed by atoms with E-state index in [2.05, 4.69) is 10.2 Å². The molecule has 2 saturated heterocycles. The zero-order valence-electron chi connectivity index (χ0n) is 18.3. The first-order valence-corrected chi connectivity index (χ1v) is 11.7. The normalized spacial score (nSPS) is 19.9. The number of halogens is 4. The van der Waals surface area contributed by atoms with Gasteiger partial charge in [-0.05, 0) is 55.0 Å². The van der Waals surface area contributed by atoms with Gasteiger partial charge in [-0.15, -0.1) is 0 Å². The first-order valence-electron chi connectivity index (χ1n) is 11.3. The fourth-order valence-corrected chi connectivity index (χ4v) is 4.89. The van der Waals surface area contributed by atoms with Crippen LogP contribution in [0.15, 0.2) is 48.5 Å². The van der Waals surface area contributed by atoms with Crippen LogP contribution in [-0.2, 0) is 27.7 Å². The molecule has 0 bridgehead atoms. The molecule has 33 heavy (non-hydrogen) atoms. The number of hydrogen-bond donors (Lipinski definition) is 1. The molecule has 2 aliphatic heterocycles. The van der Waals surface area contributed by atoms with Crippen LogP contribution < -0.4 is 5.32 Å². The molecule has 8 heteroatoms. The predicted octanol–water partition coefficient (Wildman–Crippen LogP) is 5.19. The Morgan fingerprint density at radius 3 is 2.39 bits per heavy atom. The summed E-state index contributed by atoms with van der Waals surface area (Å²) >= 11 is 5.96. The minimum absolute atomic E-state index is 0.00415. The fraction of sp³-hybridized carbons (Fsp3) is 0.480. The number of rotatable bonds is 5. The minimum atomic E-state index is -4.45. The Bertz CT molecular complexity index is 951. The Labute approximate surface area is 197 Å². The number of carbonyl (C=O) groups is 1. The first-order chi connectivity index (χ1) is 15.8. The topological polar surface area (TPSA) is 41.6 Å². The molecule has 0 spiro atoms. The van der Waals surface area contributed by atoms with Gasteiger partial charge in [0.2, 0.25) is 5.91 Å². The molecule has 1 N–H and O–H groups in total. The van der Waals surface area contributed by atoms with Crippen molar-refractivity contribution in [2.24, 2.45) is 0 Å². The molecular weight excluding hydrogens is 453 g/mol. The molecule has 0 aliphatic carbocycles. The van der Waals surface area contributed by atoms with Crippen LogP contribution in [-0.4, -0.2) is 43.2 Å². The summed E-state index contributed by atoms with van der Waals surface area (Å²) in [6.45, 7) is 3.20. The summed E-state index contributed by atoms with van der Waals surface area (Å²) in [6, 6.07) is 13.0. The van der Waals surface area contributed by atoms with E-state index in [9.17, 15) is 18.0 Å². The van der Waals surface area contributed by atoms with Gasteiger partial charge in [-0.1, -0.05) is 41.9 Å². The number of amides is 1. The number of nitrogens with one attached hydrogen (secondary N) is 1. The van der Waals surface area contributed by atoms with Crippen LogP contribution in [0.3, 0.4) is 0 Å². The van der Waals surface area contributed by atoms with Gasteiger partial charge in [-0.2, -0.15) is 13.2 Å². The molecule has 178 valence electrons. The van der Waals surface area contributed by atoms with Gasteiger partial charge in [-0.3, -0.25) is 9.69 Å². The largest absolute Gasteiger partial charge is 0.416 e. The average molecular weight is 481 g/mol. The molecular formula is C25H28ClF3N2O2. The number of likely N-dealkylation sites (tertiary alicyclic amines) is 1. The highest BCUT2D eigenvalue weighted by Gasteiger charge is 2.43. The molecule has 2 aromatic carbocycles. The predicted molar refractivity (Wildman–Crippen MR) is 121 cm³/mol. The van der Waals surface area contributed by atoms with E-state index in [0.29, 0.717) is 36.6 Å². The Morgan fingerprint density at radius 2 is 1.76 bits per heavy atom. The van der Waals surface area contributed by atoms with Gasteiger partial charge in [0.15, 0.2) is 0 Å². The smallest absolute Gasteiger partial charge is 0.381 e. The van der Waals surface area contributed by atoms with Crippen molar-refractivity contribution in [2.75, 3.05) is 26.3 Å². The number of piperidine rings is 1. The summed E-state index contributed by atoms with van der Waals surface area (Å²) < 4.78 is 45.4. The fourth-order valence-electron chi connectivity index (χ4n) is 4.77. The Balaban J connectivity index is 1.42. The highest BCUT2D eigenvalue weighted by molar-refractivity contribution is 6.30. The standard InChI is InChI=1S/C25H28ClF3N2O2/c26-21-6-4-18(5-7-21)17-31-12-8-22(9-13-31)30-23(32)24(10-14-33-15-11-24)19-2-1-3-20(16-19)25(27,28)29/h1-7,16,22H,8-15,17H2,(H,30,32). The van der Waals surface area contributed by atoms with Crippen molar-refractivity contribution >= 4 is 17.5 Å². The van der Waals surface area contributed by atoms with E-state index < -0.39 is 17.2 Å². The van der Waals surface area contributed by atoms with Crippen LogP contribution in [0, 0.1) is 0 Å². The maximum absolute atomic E-state index is 13.5. The molecule has 4 nitrogen and oxygen atoms in total. The van der Waals surface area contributed by atoms with Crippen molar-refractivity contribution in [1.82, 2.24) is 10.2 Å². The van der Waals surface area contributed by atoms with Gasteiger partial charge in [0.1, 0.15) is 0 Å². The Kier molecular flexibility index (Phi) is 7.31. The number of carbonyl (C=O) groups excluding carboxylic acids is 1. The van der Waals surface area contributed by atoms with Gasteiger partial charge in [0, 0.05) is 43.9 Å². The lowest BCUT2D eigenvalue weighted by Gasteiger charge is -2.39. The number of ether oxygens (including phenoxy) is 1. The lowest BCUT2D eigenvalue weighted by atomic mass is 9.72. The molecule has 2 heterocycles. The first kappa shape index (κ1) is 24.0. The van der Waals surface area contributed by atoms with Crippen LogP contribution >= 0.6 is 11.6 Å². The minimum Gasteiger partial charge on any atom is -0.381 e. The van der Waals surface area contributed by atoms with E-state index >= 15 is 0 Å². The van der Waals surface area contributed by atoms with Gasteiger partial charge < -0.3 is 10.1 Å². The average Bonchev–Trinajstić information content (AvgIpc) is 2.82. The van der Waals surface area contributed by atoms with Crippen molar-refractivity contribution in [3.8, 4) is 0 Å². The summed E-state index contributed by atoms with van der Waals surface area (Å²) in [5.41, 5.74) is -0.125. The van der Waals surface area contributed by atoms with Crippen molar-refractivity contribution in [1.29, 1.82) is 0 Å². The summed E-state index contributed by atoms with van der Waals surface area (Å²) in [7, 11) is 0. The van der Waals surface area contributed by atoms with Gasteiger partial charge in [-0.25, -0.2) is 0 Å². The van der Waals surface area contributed by atoms with E-state index in [1.54, 1.807) is 6.07 Å². The molecule has 2 fully saturated rings. The summed E-state index contributed by atoms with van der Waals surface area (Å²) in [6.07, 6.45) is -2.11. The second kappa shape index (κ2) is 10.0. The third-order valence-electron chi connectivity index (χ3n) is 6.77. The number of hydrogen-bond acceptors (Lipinski definition) is 3. The lowest BCUT2D eigenvalue weighted by molar-refractivity contribution is -0.138. The third kappa shape index (κ3) is 5.70. The van der Waals surface area contributed by atoms with Crippen LogP contribution in [0.25, 0.3) is 0 Å². The van der Waals surface area contributed by atoms with Gasteiger partial charge in [0.25, 0.3) is 0 Å². The highest BCUT2D eigenvalue weighted by Crippen LogP contribution is 2.38. The zero-order valence-corrected chi connectivity index (χ0v) is 19.1. The second-order valence-electron chi connectivity index (χ2n) is 8.92. The maximum Gasteiger partial charge on any atom is 0.416 e. The van der Waals surface area contributed by atoms with Gasteiger partial charge in [0.05, 0.1) is 11.0 Å². The summed E-state index contributed by atoms with van der Waals surface area (Å²) in [5, 5.41) is 3.87. The molecule has 0 saturated carbocycles. The Morgan fingerprint density at radius 1 is 1.09 bits per heavy atom. The SMILES string of the molecule is O=C(NC1CCN(Cc2ccc(Cl)cc2)CC1)C1(c2cccc(C(F)(F)F)c2)CCOCC1. The molecule has 4 rings (SSSR count). The summed E-state index contributed by atoms with van der Waals surface area (Å²) in [5.74, 6) is -0.193. The number of alkyl halides is 3. The molecule has 1 amide bonds. The molecule has 0 radical (unpaired) electrons. The van der Waals surface area contributed by atoms with Crippen LogP contribution in [0.1, 0.15) is 42.4 Å². The highest BCUT2D eigenvalue weighted by atomic mass is 35.5. The molecule has 0 aromatic heterocycles. The van der Waals surface area contributed by atoms with E-state index in [4.69, 9.17) is 16.3 Å². The van der Waals surface area contributed by atoms with Crippen LogP contribution in [0.2, 0.25) is 5.02 Å². The van der Waals surface area contributed by atoms with E-state index in [0.717, 1.165) is 44.6 Å². The zero-order chi connectivity index (χ0) is 23.5. The summed E-state index contributed by atoms with van der Waals surface area (Å²) in [4.78, 5) is 15.8. The van der Waals surface area contributed by atoms with E-state index in [-0.39, 0.29) is 11.9 Å². The van der Waals surface area contributed by atoms with Crippen molar-refractivity contribution < 1.29 is 22.7 Å².